The maximum Gasteiger partial charge on any atom is 0.294 e. The number of carbonyl (C=O) groups is 1. The van der Waals surface area contributed by atoms with Crippen LogP contribution >= 0.6 is 0 Å². The lowest BCUT2D eigenvalue weighted by atomic mass is 10.2. The maximum atomic E-state index is 12.1. The Hall–Kier alpha value is -2.74. The van der Waals surface area contributed by atoms with Crippen LogP contribution in [0.15, 0.2) is 36.5 Å². The fourth-order valence-corrected chi connectivity index (χ4v) is 2.63. The number of nitro benzene ring substituents is 1. The Morgan fingerprint density at radius 1 is 1.43 bits per heavy atom. The lowest BCUT2D eigenvalue weighted by molar-refractivity contribution is -0.384. The Labute approximate surface area is 132 Å². The highest BCUT2D eigenvalue weighted by Crippen LogP contribution is 2.21. The van der Waals surface area contributed by atoms with Crippen LogP contribution in [0.1, 0.15) is 23.3 Å². The van der Waals surface area contributed by atoms with Crippen molar-refractivity contribution in [3.8, 4) is 5.69 Å². The van der Waals surface area contributed by atoms with Crippen molar-refractivity contribution in [3.05, 3.63) is 52.3 Å². The number of rotatable bonds is 5. The van der Waals surface area contributed by atoms with Gasteiger partial charge in [0.25, 0.3) is 11.6 Å². The Balaban J connectivity index is 1.72. The SMILES string of the molecule is O=C(NCC1CCCN1)c1ccn(-c2ccccc2[N+](=O)[O-])n1. The first-order valence-electron chi connectivity index (χ1n) is 7.46. The molecule has 23 heavy (non-hydrogen) atoms. The molecule has 1 saturated heterocycles. The van der Waals surface area contributed by atoms with Crippen LogP contribution in [0.4, 0.5) is 5.69 Å². The average Bonchev–Trinajstić information content (AvgIpc) is 3.24. The number of hydrogen-bond acceptors (Lipinski definition) is 5. The van der Waals surface area contributed by atoms with Crippen molar-refractivity contribution in [3.63, 3.8) is 0 Å². The molecule has 1 fully saturated rings. The van der Waals surface area contributed by atoms with Gasteiger partial charge in [0.15, 0.2) is 5.69 Å². The molecule has 1 aromatic carbocycles. The number of carbonyl (C=O) groups excluding carboxylic acids is 1. The molecule has 0 aliphatic carbocycles. The number of benzene rings is 1. The van der Waals surface area contributed by atoms with Crippen LogP contribution in [0.3, 0.4) is 0 Å². The minimum atomic E-state index is -0.470. The zero-order valence-corrected chi connectivity index (χ0v) is 12.4. The van der Waals surface area contributed by atoms with Crippen LogP contribution in [0.2, 0.25) is 0 Å². The molecule has 1 aliphatic heterocycles. The molecule has 1 unspecified atom stereocenters. The van der Waals surface area contributed by atoms with Gasteiger partial charge in [0.1, 0.15) is 5.69 Å². The first-order chi connectivity index (χ1) is 11.1. The van der Waals surface area contributed by atoms with Gasteiger partial charge >= 0.3 is 0 Å². The van der Waals surface area contributed by atoms with E-state index in [4.69, 9.17) is 0 Å². The molecule has 2 heterocycles. The van der Waals surface area contributed by atoms with Gasteiger partial charge in [0.05, 0.1) is 4.92 Å². The molecular weight excluding hydrogens is 298 g/mol. The minimum Gasteiger partial charge on any atom is -0.349 e. The van der Waals surface area contributed by atoms with E-state index in [-0.39, 0.29) is 17.3 Å². The van der Waals surface area contributed by atoms with Crippen LogP contribution in [-0.2, 0) is 0 Å². The van der Waals surface area contributed by atoms with Gasteiger partial charge in [-0.1, -0.05) is 12.1 Å². The van der Waals surface area contributed by atoms with E-state index in [0.717, 1.165) is 19.4 Å². The van der Waals surface area contributed by atoms with Gasteiger partial charge in [0.2, 0.25) is 0 Å². The highest BCUT2D eigenvalue weighted by Gasteiger charge is 2.18. The van der Waals surface area contributed by atoms with E-state index in [0.29, 0.717) is 18.3 Å². The van der Waals surface area contributed by atoms with Crippen molar-refractivity contribution in [1.82, 2.24) is 20.4 Å². The molecule has 1 amide bonds. The van der Waals surface area contributed by atoms with E-state index in [2.05, 4.69) is 15.7 Å². The zero-order valence-electron chi connectivity index (χ0n) is 12.4. The Morgan fingerprint density at radius 2 is 2.26 bits per heavy atom. The van der Waals surface area contributed by atoms with Crippen LogP contribution < -0.4 is 10.6 Å². The van der Waals surface area contributed by atoms with E-state index in [1.54, 1.807) is 30.5 Å². The first-order valence-corrected chi connectivity index (χ1v) is 7.46. The molecule has 0 saturated carbocycles. The summed E-state index contributed by atoms with van der Waals surface area (Å²) >= 11 is 0. The molecule has 120 valence electrons. The lowest BCUT2D eigenvalue weighted by Gasteiger charge is -2.10. The summed E-state index contributed by atoms with van der Waals surface area (Å²) in [7, 11) is 0. The molecule has 0 bridgehead atoms. The van der Waals surface area contributed by atoms with Crippen LogP contribution in [0, 0.1) is 10.1 Å². The molecule has 2 N–H and O–H groups in total. The molecule has 1 aliphatic rings. The van der Waals surface area contributed by atoms with Gasteiger partial charge < -0.3 is 10.6 Å². The maximum absolute atomic E-state index is 12.1. The summed E-state index contributed by atoms with van der Waals surface area (Å²) in [6.07, 6.45) is 3.71. The molecule has 8 nitrogen and oxygen atoms in total. The summed E-state index contributed by atoms with van der Waals surface area (Å²) in [6, 6.07) is 8.13. The van der Waals surface area contributed by atoms with Gasteiger partial charge in [-0.3, -0.25) is 14.9 Å². The Bertz CT molecular complexity index is 721. The van der Waals surface area contributed by atoms with Crippen LogP contribution in [0.25, 0.3) is 5.69 Å². The third-order valence-electron chi connectivity index (χ3n) is 3.82. The van der Waals surface area contributed by atoms with Gasteiger partial charge in [-0.15, -0.1) is 0 Å². The summed E-state index contributed by atoms with van der Waals surface area (Å²) < 4.78 is 1.35. The number of para-hydroxylation sites is 2. The summed E-state index contributed by atoms with van der Waals surface area (Å²) in [4.78, 5) is 22.7. The van der Waals surface area contributed by atoms with Gasteiger partial charge in [-0.25, -0.2) is 4.68 Å². The number of hydrogen-bond donors (Lipinski definition) is 2. The topological polar surface area (TPSA) is 102 Å². The van der Waals surface area contributed by atoms with Gasteiger partial charge in [0, 0.05) is 24.8 Å². The second kappa shape index (κ2) is 6.57. The zero-order chi connectivity index (χ0) is 16.2. The van der Waals surface area contributed by atoms with E-state index in [1.807, 2.05) is 0 Å². The fourth-order valence-electron chi connectivity index (χ4n) is 2.63. The van der Waals surface area contributed by atoms with E-state index >= 15 is 0 Å². The Morgan fingerprint density at radius 3 is 3.00 bits per heavy atom. The van der Waals surface area contributed by atoms with Crippen molar-refractivity contribution >= 4 is 11.6 Å². The summed E-state index contributed by atoms with van der Waals surface area (Å²) in [5.41, 5.74) is 0.507. The average molecular weight is 315 g/mol. The molecule has 0 radical (unpaired) electrons. The standard InChI is InChI=1S/C15H17N5O3/c21-15(17-10-11-4-3-8-16-11)12-7-9-19(18-12)13-5-1-2-6-14(13)20(22)23/h1-2,5-7,9,11,16H,3-4,8,10H2,(H,17,21). The predicted molar refractivity (Wildman–Crippen MR) is 83.6 cm³/mol. The van der Waals surface area contributed by atoms with Crippen molar-refractivity contribution in [1.29, 1.82) is 0 Å². The number of nitrogens with one attached hydrogen (secondary N) is 2. The molecule has 2 aromatic rings. The van der Waals surface area contributed by atoms with Crippen molar-refractivity contribution in [2.45, 2.75) is 18.9 Å². The highest BCUT2D eigenvalue weighted by molar-refractivity contribution is 5.92. The summed E-state index contributed by atoms with van der Waals surface area (Å²) in [5.74, 6) is -0.281. The molecule has 8 heteroatoms. The highest BCUT2D eigenvalue weighted by atomic mass is 16.6. The quantitative estimate of drug-likeness (QED) is 0.639. The number of nitro groups is 1. The second-order valence-electron chi connectivity index (χ2n) is 5.39. The van der Waals surface area contributed by atoms with Crippen molar-refractivity contribution in [2.75, 3.05) is 13.1 Å². The monoisotopic (exact) mass is 315 g/mol. The lowest BCUT2D eigenvalue weighted by Crippen LogP contribution is -2.37. The summed E-state index contributed by atoms with van der Waals surface area (Å²) in [6.45, 7) is 1.53. The third-order valence-corrected chi connectivity index (χ3v) is 3.82. The van der Waals surface area contributed by atoms with E-state index in [9.17, 15) is 14.9 Å². The smallest absolute Gasteiger partial charge is 0.294 e. The predicted octanol–water partition coefficient (Wildman–Crippen LogP) is 1.26. The number of aromatic nitrogens is 2. The van der Waals surface area contributed by atoms with Gasteiger partial charge in [-0.05, 0) is 31.5 Å². The molecule has 1 aromatic heterocycles. The minimum absolute atomic E-state index is 0.0577. The third kappa shape index (κ3) is 3.37. The molecular formula is C15H17N5O3. The number of nitrogens with zero attached hydrogens (tertiary/aromatic N) is 3. The fraction of sp³-hybridized carbons (Fsp3) is 0.333. The normalized spacial score (nSPS) is 17.1. The second-order valence-corrected chi connectivity index (χ2v) is 5.39. The van der Waals surface area contributed by atoms with Crippen molar-refractivity contribution in [2.24, 2.45) is 0 Å². The van der Waals surface area contributed by atoms with E-state index < -0.39 is 4.92 Å². The molecule has 1 atom stereocenters. The first kappa shape index (κ1) is 15.2. The van der Waals surface area contributed by atoms with Crippen LogP contribution in [0.5, 0.6) is 0 Å². The van der Waals surface area contributed by atoms with Crippen LogP contribution in [-0.4, -0.2) is 39.7 Å². The molecule has 3 rings (SSSR count). The van der Waals surface area contributed by atoms with E-state index in [1.165, 1.54) is 10.7 Å². The number of amides is 1. The van der Waals surface area contributed by atoms with Crippen molar-refractivity contribution < 1.29 is 9.72 Å². The molecule has 0 spiro atoms. The van der Waals surface area contributed by atoms with Gasteiger partial charge in [-0.2, -0.15) is 5.10 Å². The summed E-state index contributed by atoms with van der Waals surface area (Å²) in [5, 5.41) is 21.3. The Kier molecular flexibility index (Phi) is 4.33. The largest absolute Gasteiger partial charge is 0.349 e.